The number of ether oxygens (including phenoxy) is 1. The minimum absolute atomic E-state index is 0.0867. The summed E-state index contributed by atoms with van der Waals surface area (Å²) in [5, 5.41) is 3.66. The molecule has 0 unspecified atom stereocenters. The summed E-state index contributed by atoms with van der Waals surface area (Å²) < 4.78 is 33.6. The number of amides is 1. The molecule has 7 nitrogen and oxygen atoms in total. The Hall–Kier alpha value is -3.91. The molecule has 0 aliphatic carbocycles. The van der Waals surface area contributed by atoms with Crippen molar-refractivity contribution in [1.29, 1.82) is 0 Å². The van der Waals surface area contributed by atoms with E-state index >= 15 is 0 Å². The van der Waals surface area contributed by atoms with E-state index in [1.54, 1.807) is 60.8 Å². The molecular formula is C25H23N3O4S. The predicted octanol–water partition coefficient (Wildman–Crippen LogP) is 4.39. The van der Waals surface area contributed by atoms with Gasteiger partial charge in [-0.15, -0.1) is 0 Å². The molecular weight excluding hydrogens is 438 g/mol. The zero-order valence-corrected chi connectivity index (χ0v) is 19.0. The Morgan fingerprint density at radius 3 is 2.52 bits per heavy atom. The van der Waals surface area contributed by atoms with Crippen molar-refractivity contribution in [2.75, 3.05) is 23.3 Å². The van der Waals surface area contributed by atoms with Gasteiger partial charge in [0.05, 0.1) is 23.2 Å². The Kier molecular flexibility index (Phi) is 6.28. The number of aromatic nitrogens is 1. The minimum Gasteiger partial charge on any atom is -0.495 e. The summed E-state index contributed by atoms with van der Waals surface area (Å²) >= 11 is 0. The lowest BCUT2D eigenvalue weighted by Gasteiger charge is -2.25. The van der Waals surface area contributed by atoms with E-state index in [2.05, 4.69) is 10.3 Å². The lowest BCUT2D eigenvalue weighted by Crippen LogP contribution is -2.38. The Morgan fingerprint density at radius 1 is 1.00 bits per heavy atom. The SMILES string of the molecule is COc1ccccc1N(CC(=O)Nc1ccc2ncccc2c1)S(=O)(=O)c1ccc(C)cc1. The topological polar surface area (TPSA) is 88.6 Å². The van der Waals surface area contributed by atoms with Gasteiger partial charge in [-0.2, -0.15) is 0 Å². The van der Waals surface area contributed by atoms with Crippen LogP contribution in [-0.4, -0.2) is 33.0 Å². The van der Waals surface area contributed by atoms with Crippen LogP contribution >= 0.6 is 0 Å². The lowest BCUT2D eigenvalue weighted by atomic mass is 10.2. The number of carbonyl (C=O) groups excluding carboxylic acids is 1. The molecule has 3 aromatic carbocycles. The van der Waals surface area contributed by atoms with E-state index in [0.717, 1.165) is 20.8 Å². The highest BCUT2D eigenvalue weighted by Crippen LogP contribution is 2.32. The van der Waals surface area contributed by atoms with Gasteiger partial charge in [0.2, 0.25) is 5.91 Å². The molecule has 168 valence electrons. The molecule has 0 saturated carbocycles. The smallest absolute Gasteiger partial charge is 0.264 e. The summed E-state index contributed by atoms with van der Waals surface area (Å²) in [6.45, 7) is 1.45. The molecule has 0 bridgehead atoms. The number of para-hydroxylation sites is 2. The van der Waals surface area contributed by atoms with Gasteiger partial charge in [0.25, 0.3) is 10.0 Å². The van der Waals surface area contributed by atoms with Crippen LogP contribution in [-0.2, 0) is 14.8 Å². The quantitative estimate of drug-likeness (QED) is 0.441. The number of hydrogen-bond acceptors (Lipinski definition) is 5. The van der Waals surface area contributed by atoms with Gasteiger partial charge < -0.3 is 10.1 Å². The number of aryl methyl sites for hydroxylation is 1. The molecule has 0 spiro atoms. The molecule has 0 saturated heterocycles. The molecule has 4 aromatic rings. The largest absolute Gasteiger partial charge is 0.495 e. The third-order valence-electron chi connectivity index (χ3n) is 5.14. The van der Waals surface area contributed by atoms with E-state index < -0.39 is 22.5 Å². The molecule has 1 aromatic heterocycles. The van der Waals surface area contributed by atoms with Crippen molar-refractivity contribution < 1.29 is 17.9 Å². The number of anilines is 2. The third kappa shape index (κ3) is 4.80. The molecule has 8 heteroatoms. The molecule has 0 aliphatic heterocycles. The molecule has 0 aliphatic rings. The maximum absolute atomic E-state index is 13.6. The van der Waals surface area contributed by atoms with Crippen LogP contribution in [0.1, 0.15) is 5.56 Å². The van der Waals surface area contributed by atoms with Crippen LogP contribution in [0.5, 0.6) is 5.75 Å². The Morgan fingerprint density at radius 2 is 1.76 bits per heavy atom. The summed E-state index contributed by atoms with van der Waals surface area (Å²) in [4.78, 5) is 17.3. The van der Waals surface area contributed by atoms with Gasteiger partial charge in [0, 0.05) is 17.3 Å². The van der Waals surface area contributed by atoms with Crippen molar-refractivity contribution in [3.63, 3.8) is 0 Å². The molecule has 4 rings (SSSR count). The molecule has 0 radical (unpaired) electrons. The summed E-state index contributed by atoms with van der Waals surface area (Å²) in [5.41, 5.74) is 2.56. The molecule has 0 atom stereocenters. The second-order valence-corrected chi connectivity index (χ2v) is 9.32. The Labute approximate surface area is 192 Å². The van der Waals surface area contributed by atoms with Crippen LogP contribution in [0.4, 0.5) is 11.4 Å². The van der Waals surface area contributed by atoms with E-state index in [0.29, 0.717) is 11.4 Å². The van der Waals surface area contributed by atoms with Crippen molar-refractivity contribution in [3.05, 3.63) is 90.6 Å². The first kappa shape index (κ1) is 22.3. The van der Waals surface area contributed by atoms with Crippen LogP contribution in [0, 0.1) is 6.92 Å². The normalized spacial score (nSPS) is 11.2. The second-order valence-electron chi connectivity index (χ2n) is 7.46. The Bertz CT molecular complexity index is 1400. The summed E-state index contributed by atoms with van der Waals surface area (Å²) in [5.74, 6) is -0.141. The summed E-state index contributed by atoms with van der Waals surface area (Å²) in [6, 6.07) is 22.2. The zero-order valence-electron chi connectivity index (χ0n) is 18.2. The predicted molar refractivity (Wildman–Crippen MR) is 129 cm³/mol. The number of pyridine rings is 1. The molecule has 0 fully saturated rings. The summed E-state index contributed by atoms with van der Waals surface area (Å²) in [7, 11) is -2.59. The monoisotopic (exact) mass is 461 g/mol. The molecule has 1 N–H and O–H groups in total. The van der Waals surface area contributed by atoms with Crippen molar-refractivity contribution in [2.45, 2.75) is 11.8 Å². The molecule has 33 heavy (non-hydrogen) atoms. The van der Waals surface area contributed by atoms with Gasteiger partial charge in [0.15, 0.2) is 0 Å². The van der Waals surface area contributed by atoms with Gasteiger partial charge in [-0.25, -0.2) is 8.42 Å². The zero-order chi connectivity index (χ0) is 23.4. The van der Waals surface area contributed by atoms with Crippen LogP contribution in [0.2, 0.25) is 0 Å². The fourth-order valence-electron chi connectivity index (χ4n) is 3.46. The van der Waals surface area contributed by atoms with E-state index in [4.69, 9.17) is 4.74 Å². The number of sulfonamides is 1. The van der Waals surface area contributed by atoms with Crippen molar-refractivity contribution in [2.24, 2.45) is 0 Å². The van der Waals surface area contributed by atoms with Crippen LogP contribution < -0.4 is 14.4 Å². The minimum atomic E-state index is -4.04. The highest BCUT2D eigenvalue weighted by Gasteiger charge is 2.29. The third-order valence-corrected chi connectivity index (χ3v) is 6.91. The van der Waals surface area contributed by atoms with Gasteiger partial charge in [-0.3, -0.25) is 14.1 Å². The van der Waals surface area contributed by atoms with Gasteiger partial charge >= 0.3 is 0 Å². The van der Waals surface area contributed by atoms with Crippen LogP contribution in [0.25, 0.3) is 10.9 Å². The number of nitrogens with one attached hydrogen (secondary N) is 1. The van der Waals surface area contributed by atoms with Crippen LogP contribution in [0.3, 0.4) is 0 Å². The number of carbonyl (C=O) groups is 1. The first-order valence-electron chi connectivity index (χ1n) is 10.3. The van der Waals surface area contributed by atoms with Gasteiger partial charge in [0.1, 0.15) is 12.3 Å². The standard InChI is InChI=1S/C25H23N3O4S/c1-18-9-12-21(13-10-18)33(30,31)28(23-7-3-4-8-24(23)32-2)17-25(29)27-20-11-14-22-19(16-20)6-5-15-26-22/h3-16H,17H2,1-2H3,(H,27,29). The van der Waals surface area contributed by atoms with E-state index in [1.165, 1.54) is 19.2 Å². The Balaban J connectivity index is 1.68. The van der Waals surface area contributed by atoms with Gasteiger partial charge in [-0.1, -0.05) is 35.9 Å². The molecule has 1 amide bonds. The van der Waals surface area contributed by atoms with E-state index in [-0.39, 0.29) is 10.6 Å². The number of benzene rings is 3. The highest BCUT2D eigenvalue weighted by molar-refractivity contribution is 7.92. The van der Waals surface area contributed by atoms with Crippen molar-refractivity contribution >= 4 is 38.2 Å². The maximum atomic E-state index is 13.6. The number of nitrogens with zero attached hydrogens (tertiary/aromatic N) is 2. The first-order valence-corrected chi connectivity index (χ1v) is 11.7. The lowest BCUT2D eigenvalue weighted by molar-refractivity contribution is -0.114. The number of rotatable bonds is 7. The fraction of sp³-hybridized carbons (Fsp3) is 0.120. The van der Waals surface area contributed by atoms with Crippen LogP contribution in [0.15, 0.2) is 90.0 Å². The second kappa shape index (κ2) is 9.30. The van der Waals surface area contributed by atoms with Crippen molar-refractivity contribution in [1.82, 2.24) is 4.98 Å². The fourth-order valence-corrected chi connectivity index (χ4v) is 4.89. The van der Waals surface area contributed by atoms with E-state index in [9.17, 15) is 13.2 Å². The number of methoxy groups -OCH3 is 1. The summed E-state index contributed by atoms with van der Waals surface area (Å²) in [6.07, 6.45) is 1.70. The highest BCUT2D eigenvalue weighted by atomic mass is 32.2. The van der Waals surface area contributed by atoms with E-state index in [1.807, 2.05) is 19.1 Å². The molecule has 1 heterocycles. The number of fused-ring (bicyclic) bond motifs is 1. The van der Waals surface area contributed by atoms with Crippen molar-refractivity contribution in [3.8, 4) is 5.75 Å². The van der Waals surface area contributed by atoms with Gasteiger partial charge in [-0.05, 0) is 55.5 Å². The first-order chi connectivity index (χ1) is 15.9. The maximum Gasteiger partial charge on any atom is 0.264 e. The average Bonchev–Trinajstić information content (AvgIpc) is 2.82. The average molecular weight is 462 g/mol. The number of hydrogen-bond donors (Lipinski definition) is 1.